The van der Waals surface area contributed by atoms with Gasteiger partial charge in [0.15, 0.2) is 0 Å². The fourth-order valence-electron chi connectivity index (χ4n) is 3.17. The van der Waals surface area contributed by atoms with Gasteiger partial charge in [-0.2, -0.15) is 0 Å². The van der Waals surface area contributed by atoms with E-state index in [4.69, 9.17) is 0 Å². The average Bonchev–Trinajstić information content (AvgIpc) is 3.05. The van der Waals surface area contributed by atoms with Crippen LogP contribution >= 0.6 is 0 Å². The number of rotatable bonds is 5. The fraction of sp³-hybridized carbons (Fsp3) is 0.368. The van der Waals surface area contributed by atoms with Crippen LogP contribution in [0.1, 0.15) is 17.5 Å². The van der Waals surface area contributed by atoms with Crippen LogP contribution in [0.15, 0.2) is 53.4 Å². The third kappa shape index (κ3) is 3.79. The number of anilines is 1. The van der Waals surface area contributed by atoms with E-state index < -0.39 is 10.0 Å². The van der Waals surface area contributed by atoms with Gasteiger partial charge in [-0.25, -0.2) is 13.1 Å². The summed E-state index contributed by atoms with van der Waals surface area (Å²) >= 11 is 0. The zero-order valence-electron chi connectivity index (χ0n) is 14.2. The Hall–Kier alpha value is -1.85. The van der Waals surface area contributed by atoms with Crippen LogP contribution in [0, 0.1) is 19.8 Å². The molecule has 0 amide bonds. The van der Waals surface area contributed by atoms with Gasteiger partial charge in [0.05, 0.1) is 4.90 Å². The first-order valence-electron chi connectivity index (χ1n) is 8.32. The standard InChI is InChI=1S/C19H24N2O2S/c1-15-8-9-16(2)19(12-15)24(22,23)20-13-17-10-11-21(14-17)18-6-4-3-5-7-18/h3-9,12,17,20H,10-11,13-14H2,1-2H3. The number of aryl methyl sites for hydroxylation is 2. The Bertz CT molecular complexity index is 803. The highest BCUT2D eigenvalue weighted by Gasteiger charge is 2.25. The molecule has 0 aliphatic carbocycles. The molecule has 24 heavy (non-hydrogen) atoms. The van der Waals surface area contributed by atoms with Crippen molar-refractivity contribution in [3.63, 3.8) is 0 Å². The van der Waals surface area contributed by atoms with Crippen LogP contribution in [-0.4, -0.2) is 28.1 Å². The van der Waals surface area contributed by atoms with Gasteiger partial charge in [-0.3, -0.25) is 0 Å². The van der Waals surface area contributed by atoms with E-state index in [1.54, 1.807) is 6.07 Å². The van der Waals surface area contributed by atoms with E-state index in [1.165, 1.54) is 5.69 Å². The van der Waals surface area contributed by atoms with E-state index >= 15 is 0 Å². The lowest BCUT2D eigenvalue weighted by molar-refractivity contribution is 0.541. The molecule has 2 aromatic rings. The van der Waals surface area contributed by atoms with Gasteiger partial charge in [-0.15, -0.1) is 0 Å². The second-order valence-corrected chi connectivity index (χ2v) is 8.29. The van der Waals surface area contributed by atoms with E-state index in [0.29, 0.717) is 17.4 Å². The maximum Gasteiger partial charge on any atom is 0.240 e. The molecule has 1 atom stereocenters. The molecule has 0 saturated carbocycles. The van der Waals surface area contributed by atoms with Crippen molar-refractivity contribution in [1.29, 1.82) is 0 Å². The van der Waals surface area contributed by atoms with Crippen LogP contribution in [0.25, 0.3) is 0 Å². The van der Waals surface area contributed by atoms with Crippen molar-refractivity contribution in [3.05, 3.63) is 59.7 Å². The van der Waals surface area contributed by atoms with E-state index in [0.717, 1.165) is 30.6 Å². The molecule has 2 aromatic carbocycles. The average molecular weight is 344 g/mol. The minimum Gasteiger partial charge on any atom is -0.371 e. The van der Waals surface area contributed by atoms with Crippen LogP contribution in [0.3, 0.4) is 0 Å². The molecule has 1 fully saturated rings. The van der Waals surface area contributed by atoms with Gasteiger partial charge in [0.1, 0.15) is 0 Å². The summed E-state index contributed by atoms with van der Waals surface area (Å²) in [5, 5.41) is 0. The highest BCUT2D eigenvalue weighted by atomic mass is 32.2. The molecule has 0 spiro atoms. The van der Waals surface area contributed by atoms with Crippen LogP contribution in [0.5, 0.6) is 0 Å². The second-order valence-electron chi connectivity index (χ2n) is 6.56. The number of sulfonamides is 1. The van der Waals surface area contributed by atoms with E-state index in [1.807, 2.05) is 44.2 Å². The lowest BCUT2D eigenvalue weighted by Crippen LogP contribution is -2.31. The van der Waals surface area contributed by atoms with Gasteiger partial charge in [0, 0.05) is 25.3 Å². The predicted octanol–water partition coefficient (Wildman–Crippen LogP) is 3.11. The molecule has 5 heteroatoms. The summed E-state index contributed by atoms with van der Waals surface area (Å²) in [4.78, 5) is 2.71. The second kappa shape index (κ2) is 6.95. The molecule has 1 unspecified atom stereocenters. The van der Waals surface area contributed by atoms with Gasteiger partial charge < -0.3 is 4.90 Å². The topological polar surface area (TPSA) is 49.4 Å². The summed E-state index contributed by atoms with van der Waals surface area (Å²) in [6.45, 7) is 6.09. The van der Waals surface area contributed by atoms with Crippen LogP contribution in [0.4, 0.5) is 5.69 Å². The molecule has 1 aliphatic rings. The number of para-hydroxylation sites is 1. The fourth-order valence-corrected chi connectivity index (χ4v) is 4.62. The largest absolute Gasteiger partial charge is 0.371 e. The molecule has 128 valence electrons. The molecule has 1 saturated heterocycles. The van der Waals surface area contributed by atoms with Gasteiger partial charge >= 0.3 is 0 Å². The summed E-state index contributed by atoms with van der Waals surface area (Å²) in [6, 6.07) is 15.8. The number of hydrogen-bond donors (Lipinski definition) is 1. The van der Waals surface area contributed by atoms with E-state index in [9.17, 15) is 8.42 Å². The van der Waals surface area contributed by atoms with Crippen molar-refractivity contribution >= 4 is 15.7 Å². The number of nitrogens with zero attached hydrogens (tertiary/aromatic N) is 1. The van der Waals surface area contributed by atoms with E-state index in [2.05, 4.69) is 21.8 Å². The van der Waals surface area contributed by atoms with Crippen molar-refractivity contribution in [2.45, 2.75) is 25.2 Å². The summed E-state index contributed by atoms with van der Waals surface area (Å²) in [6.07, 6.45) is 1.00. The lowest BCUT2D eigenvalue weighted by atomic mass is 10.1. The van der Waals surface area contributed by atoms with Crippen molar-refractivity contribution in [2.24, 2.45) is 5.92 Å². The van der Waals surface area contributed by atoms with E-state index in [-0.39, 0.29) is 0 Å². The van der Waals surface area contributed by atoms with Crippen LogP contribution in [-0.2, 0) is 10.0 Å². The lowest BCUT2D eigenvalue weighted by Gasteiger charge is -2.19. The molecule has 1 heterocycles. The van der Waals surface area contributed by atoms with Gasteiger partial charge in [0.2, 0.25) is 10.0 Å². The quantitative estimate of drug-likeness (QED) is 0.907. The van der Waals surface area contributed by atoms with Crippen molar-refractivity contribution in [2.75, 3.05) is 24.5 Å². The third-order valence-corrected chi connectivity index (χ3v) is 6.17. The molecule has 0 aromatic heterocycles. The Morgan fingerprint density at radius 1 is 1.12 bits per heavy atom. The molecule has 1 aliphatic heterocycles. The summed E-state index contributed by atoms with van der Waals surface area (Å²) < 4.78 is 28.0. The Labute approximate surface area is 144 Å². The Morgan fingerprint density at radius 2 is 1.88 bits per heavy atom. The highest BCUT2D eigenvalue weighted by molar-refractivity contribution is 7.89. The van der Waals surface area contributed by atoms with Crippen molar-refractivity contribution in [3.8, 4) is 0 Å². The first kappa shape index (κ1) is 17.0. The zero-order chi connectivity index (χ0) is 17.2. The Morgan fingerprint density at radius 3 is 2.62 bits per heavy atom. The SMILES string of the molecule is Cc1ccc(C)c(S(=O)(=O)NCC2CCN(c3ccccc3)C2)c1. The Kier molecular flexibility index (Phi) is 4.92. The molecular weight excluding hydrogens is 320 g/mol. The zero-order valence-corrected chi connectivity index (χ0v) is 15.0. The summed E-state index contributed by atoms with van der Waals surface area (Å²) in [5.41, 5.74) is 2.94. The number of benzene rings is 2. The minimum atomic E-state index is -3.45. The maximum atomic E-state index is 12.6. The summed E-state index contributed by atoms with van der Waals surface area (Å²) in [7, 11) is -3.45. The molecule has 0 bridgehead atoms. The minimum absolute atomic E-state index is 0.338. The number of nitrogens with one attached hydrogen (secondary N) is 1. The molecule has 0 radical (unpaired) electrons. The van der Waals surface area contributed by atoms with Gasteiger partial charge in [0.25, 0.3) is 0 Å². The molecular formula is C19H24N2O2S. The summed E-state index contributed by atoms with van der Waals surface area (Å²) in [5.74, 6) is 0.338. The monoisotopic (exact) mass is 344 g/mol. The molecule has 3 rings (SSSR count). The Balaban J connectivity index is 1.63. The van der Waals surface area contributed by atoms with Crippen LogP contribution in [0.2, 0.25) is 0 Å². The highest BCUT2D eigenvalue weighted by Crippen LogP contribution is 2.24. The number of hydrogen-bond acceptors (Lipinski definition) is 3. The first-order valence-corrected chi connectivity index (χ1v) is 9.81. The predicted molar refractivity (Wildman–Crippen MR) is 97.9 cm³/mol. The van der Waals surface area contributed by atoms with Gasteiger partial charge in [-0.05, 0) is 55.5 Å². The normalized spacial score (nSPS) is 18.1. The molecule has 4 nitrogen and oxygen atoms in total. The van der Waals surface area contributed by atoms with Crippen molar-refractivity contribution in [1.82, 2.24) is 4.72 Å². The molecule has 1 N–H and O–H groups in total. The maximum absolute atomic E-state index is 12.6. The first-order chi connectivity index (χ1) is 11.5. The van der Waals surface area contributed by atoms with Crippen LogP contribution < -0.4 is 9.62 Å². The van der Waals surface area contributed by atoms with Crippen molar-refractivity contribution < 1.29 is 8.42 Å². The smallest absolute Gasteiger partial charge is 0.240 e. The van der Waals surface area contributed by atoms with Gasteiger partial charge in [-0.1, -0.05) is 30.3 Å². The third-order valence-electron chi connectivity index (χ3n) is 4.60.